The number of thiazole rings is 1. The molecule has 5 rings (SSSR count). The number of nitrogens with zero attached hydrogens (tertiary/aromatic N) is 5. The molecule has 1 amide bonds. The fourth-order valence-corrected chi connectivity index (χ4v) is 5.98. The number of aromatic nitrogens is 1. The van der Waals surface area contributed by atoms with Gasteiger partial charge in [0.15, 0.2) is 10.8 Å². The highest BCUT2D eigenvalue weighted by Crippen LogP contribution is 2.48. The highest BCUT2D eigenvalue weighted by atomic mass is 35.5. The molecule has 0 unspecified atom stereocenters. The lowest BCUT2D eigenvalue weighted by Crippen LogP contribution is -2.50. The predicted octanol–water partition coefficient (Wildman–Crippen LogP) is 5.30. The van der Waals surface area contributed by atoms with Gasteiger partial charge in [-0.05, 0) is 25.1 Å². The number of cyclic esters (lactones) is 1. The molecule has 2 fully saturated rings. The van der Waals surface area contributed by atoms with Gasteiger partial charge < -0.3 is 15.4 Å². The molecule has 204 valence electrons. The highest BCUT2D eigenvalue weighted by Gasteiger charge is 2.56. The molecule has 4 heterocycles. The Hall–Kier alpha value is -3.64. The van der Waals surface area contributed by atoms with Gasteiger partial charge in [0, 0.05) is 58.3 Å². The third-order valence-electron chi connectivity index (χ3n) is 6.79. The van der Waals surface area contributed by atoms with Crippen LogP contribution in [0.4, 0.5) is 18.0 Å². The molecule has 0 bridgehead atoms. The van der Waals surface area contributed by atoms with Crippen LogP contribution in [0.3, 0.4) is 0 Å². The number of allylic oxidation sites excluding steroid dienone is 2. The van der Waals surface area contributed by atoms with E-state index in [4.69, 9.17) is 27.1 Å². The first-order valence-electron chi connectivity index (χ1n) is 12.0. The largest absolute Gasteiger partial charge is 0.447 e. The lowest BCUT2D eigenvalue weighted by molar-refractivity contribution is 0.157. The van der Waals surface area contributed by atoms with Crippen LogP contribution >= 0.6 is 22.9 Å². The van der Waals surface area contributed by atoms with Crippen LogP contribution in [0.5, 0.6) is 0 Å². The van der Waals surface area contributed by atoms with Gasteiger partial charge in [-0.3, -0.25) is 9.89 Å². The van der Waals surface area contributed by atoms with Crippen LogP contribution in [0, 0.1) is 5.82 Å². The summed E-state index contributed by atoms with van der Waals surface area (Å²) in [7, 11) is 0. The number of amides is 1. The van der Waals surface area contributed by atoms with Crippen molar-refractivity contribution >= 4 is 41.1 Å². The monoisotopic (exact) mass is 576 g/mol. The lowest BCUT2D eigenvalue weighted by Gasteiger charge is -2.33. The number of alkyl halides is 2. The van der Waals surface area contributed by atoms with Gasteiger partial charge in [0.1, 0.15) is 24.0 Å². The zero-order valence-corrected chi connectivity index (χ0v) is 22.3. The van der Waals surface area contributed by atoms with Gasteiger partial charge >= 0.3 is 12.6 Å². The molecule has 8 nitrogen and oxygen atoms in total. The first kappa shape index (κ1) is 26.9. The number of carbonyl (C=O) groups is 1. The topological polar surface area (TPSA) is 96.4 Å². The van der Waals surface area contributed by atoms with E-state index in [1.807, 2.05) is 29.4 Å². The first-order chi connectivity index (χ1) is 18.7. The number of fused-ring (bicyclic) bond motifs is 1. The van der Waals surface area contributed by atoms with E-state index < -0.39 is 30.0 Å². The second kappa shape index (κ2) is 10.9. The number of rotatable bonds is 7. The maximum atomic E-state index is 14.0. The Bertz CT molecular complexity index is 1420. The van der Waals surface area contributed by atoms with Gasteiger partial charge in [0.2, 0.25) is 0 Å². The van der Waals surface area contributed by atoms with E-state index in [0.29, 0.717) is 47.2 Å². The summed E-state index contributed by atoms with van der Waals surface area (Å²) in [5, 5.41) is 2.57. The Morgan fingerprint density at radius 2 is 2.26 bits per heavy atom. The summed E-state index contributed by atoms with van der Waals surface area (Å²) in [5.74, 6) is 0.0125. The molecular weight excluding hydrogens is 553 g/mol. The minimum Gasteiger partial charge on any atom is -0.447 e. The third kappa shape index (κ3) is 5.06. The zero-order chi connectivity index (χ0) is 27.7. The van der Waals surface area contributed by atoms with Crippen molar-refractivity contribution in [1.29, 1.82) is 0 Å². The van der Waals surface area contributed by atoms with E-state index in [1.165, 1.54) is 35.6 Å². The molecule has 0 radical (unpaired) electrons. The number of hydrogen-bond donors (Lipinski definition) is 1. The Morgan fingerprint density at radius 3 is 2.95 bits per heavy atom. The quantitative estimate of drug-likeness (QED) is 0.274. The zero-order valence-electron chi connectivity index (χ0n) is 20.7. The fraction of sp³-hybridized carbons (Fsp3) is 0.308. The number of hydrogen-bond acceptors (Lipinski definition) is 8. The standard InChI is InChI=1S/C26H24ClF3N6O2S/c1-2-3-9-36-25(37)38-14-26(36)12-19-20(18(31)6-7-33-24(29)30)21(16-5-4-15(28)11-17(16)27)34-22(35(19)13-26)23-32-8-10-39-23/h2-8,10-11,21,24H,9,12-14,31H2,1H3/b3-2+,18-6?,33-7?/t21-,26+/m0/s1. The Balaban J connectivity index is 1.71. The molecule has 0 aliphatic carbocycles. The third-order valence-corrected chi connectivity index (χ3v) is 7.89. The normalized spacial score (nSPS) is 23.6. The molecule has 13 heteroatoms. The van der Waals surface area contributed by atoms with E-state index in [0.717, 1.165) is 6.21 Å². The Labute approximate surface area is 231 Å². The summed E-state index contributed by atoms with van der Waals surface area (Å²) >= 11 is 7.87. The van der Waals surface area contributed by atoms with Crippen molar-refractivity contribution in [2.75, 3.05) is 19.7 Å². The second-order valence-corrected chi connectivity index (χ2v) is 10.4. The van der Waals surface area contributed by atoms with Crippen LogP contribution in [-0.4, -0.2) is 64.7 Å². The minimum absolute atomic E-state index is 0.129. The van der Waals surface area contributed by atoms with Crippen LogP contribution < -0.4 is 5.73 Å². The minimum atomic E-state index is -2.90. The SMILES string of the molecule is C/C=C/CN1C(=O)OC[C@]12CC1=C(C(N)=CC=NC(F)F)[C@H](c3ccc(F)cc3Cl)N=C(c3nccs3)N1C2. The summed E-state index contributed by atoms with van der Waals surface area (Å²) in [6.45, 7) is -0.211. The molecule has 39 heavy (non-hydrogen) atoms. The van der Waals surface area contributed by atoms with Crippen LogP contribution in [0.2, 0.25) is 5.02 Å². The maximum Gasteiger partial charge on any atom is 0.410 e. The molecule has 2 atom stereocenters. The predicted molar refractivity (Wildman–Crippen MR) is 144 cm³/mol. The summed E-state index contributed by atoms with van der Waals surface area (Å²) in [4.78, 5) is 28.9. The van der Waals surface area contributed by atoms with Crippen LogP contribution in [0.1, 0.15) is 30.0 Å². The fourth-order valence-electron chi connectivity index (χ4n) is 5.07. The Morgan fingerprint density at radius 1 is 1.44 bits per heavy atom. The molecule has 2 N–H and O–H groups in total. The molecule has 3 aliphatic rings. The van der Waals surface area contributed by atoms with Gasteiger partial charge in [0.05, 0.1) is 6.54 Å². The van der Waals surface area contributed by atoms with E-state index in [1.54, 1.807) is 11.1 Å². The van der Waals surface area contributed by atoms with Gasteiger partial charge in [-0.1, -0.05) is 29.8 Å². The van der Waals surface area contributed by atoms with Crippen molar-refractivity contribution in [1.82, 2.24) is 14.8 Å². The first-order valence-corrected chi connectivity index (χ1v) is 13.3. The molecule has 1 aromatic carbocycles. The van der Waals surface area contributed by atoms with Crippen molar-refractivity contribution in [3.63, 3.8) is 0 Å². The molecule has 1 aromatic heterocycles. The maximum absolute atomic E-state index is 14.0. The van der Waals surface area contributed by atoms with Gasteiger partial charge in [0.25, 0.3) is 0 Å². The van der Waals surface area contributed by atoms with Crippen LogP contribution in [0.15, 0.2) is 75.0 Å². The molecule has 0 saturated carbocycles. The van der Waals surface area contributed by atoms with Gasteiger partial charge in [-0.15, -0.1) is 11.3 Å². The van der Waals surface area contributed by atoms with E-state index in [2.05, 4.69) is 9.98 Å². The number of benzene rings is 1. The van der Waals surface area contributed by atoms with Crippen LogP contribution in [0.25, 0.3) is 0 Å². The molecule has 2 aromatic rings. The smallest absolute Gasteiger partial charge is 0.410 e. The van der Waals surface area contributed by atoms with Crippen molar-refractivity contribution in [2.45, 2.75) is 31.5 Å². The second-order valence-electron chi connectivity index (χ2n) is 9.14. The number of nitrogens with two attached hydrogens (primary N) is 1. The summed E-state index contributed by atoms with van der Waals surface area (Å²) < 4.78 is 45.0. The van der Waals surface area contributed by atoms with E-state index in [-0.39, 0.29) is 17.3 Å². The molecular formula is C26H24ClF3N6O2S. The number of aliphatic imine (C=N–C) groups is 2. The highest BCUT2D eigenvalue weighted by molar-refractivity contribution is 7.11. The molecule has 1 spiro atoms. The van der Waals surface area contributed by atoms with Crippen molar-refractivity contribution in [3.05, 3.63) is 86.4 Å². The van der Waals surface area contributed by atoms with Crippen molar-refractivity contribution in [2.24, 2.45) is 15.7 Å². The Kier molecular flexibility index (Phi) is 7.50. The van der Waals surface area contributed by atoms with Gasteiger partial charge in [-0.2, -0.15) is 8.78 Å². The number of amidine groups is 1. The average Bonchev–Trinajstić information content (AvgIpc) is 3.62. The van der Waals surface area contributed by atoms with Crippen molar-refractivity contribution in [3.8, 4) is 0 Å². The van der Waals surface area contributed by atoms with E-state index in [9.17, 15) is 18.0 Å². The van der Waals surface area contributed by atoms with Crippen molar-refractivity contribution < 1.29 is 22.7 Å². The average molecular weight is 577 g/mol. The summed E-state index contributed by atoms with van der Waals surface area (Å²) in [6.07, 6.45) is 7.49. The lowest BCUT2D eigenvalue weighted by atomic mass is 9.89. The number of carbonyl (C=O) groups excluding carboxylic acids is 1. The molecule has 2 saturated heterocycles. The van der Waals surface area contributed by atoms with E-state index >= 15 is 0 Å². The van der Waals surface area contributed by atoms with Gasteiger partial charge in [-0.25, -0.2) is 19.2 Å². The molecule has 3 aliphatic heterocycles. The summed E-state index contributed by atoms with van der Waals surface area (Å²) in [5.41, 5.74) is 7.58. The van der Waals surface area contributed by atoms with Crippen LogP contribution in [-0.2, 0) is 4.74 Å². The number of ether oxygens (including phenoxy) is 1. The number of halogens is 4. The summed E-state index contributed by atoms with van der Waals surface area (Å²) in [6, 6.07) is 3.16.